The van der Waals surface area contributed by atoms with Crippen molar-refractivity contribution in [2.75, 3.05) is 25.4 Å². The minimum absolute atomic E-state index is 0.00229. The van der Waals surface area contributed by atoms with E-state index in [9.17, 15) is 9.59 Å². The maximum atomic E-state index is 13.0. The lowest BCUT2D eigenvalue weighted by Gasteiger charge is -2.33. The standard InChI is InChI=1S/C26H31N5O2S2/c32-24(22-14-19-6-11-28-16-23(19)35-22)29-10-2-1-4-18-7-12-31(13-8-18)26(33)21-17-34-25(30-21)20-5-3-9-27-15-20/h3,5-6,9,11,14-16,18,21,25,30H,1-2,4,7-8,10,12-13,17H2,(H,29,32). The Morgan fingerprint density at radius 3 is 2.77 bits per heavy atom. The molecule has 7 nitrogen and oxygen atoms in total. The quantitative estimate of drug-likeness (QED) is 0.442. The molecule has 0 spiro atoms. The highest BCUT2D eigenvalue weighted by Gasteiger charge is 2.34. The van der Waals surface area contributed by atoms with Crippen molar-refractivity contribution >= 4 is 45.0 Å². The van der Waals surface area contributed by atoms with Gasteiger partial charge < -0.3 is 10.2 Å². The van der Waals surface area contributed by atoms with Crippen molar-refractivity contribution in [2.45, 2.75) is 43.5 Å². The SMILES string of the molecule is O=C(NCCCCC1CCN(C(=O)C2CSC(c3cccnc3)N2)CC1)c1cc2ccncc2s1. The summed E-state index contributed by atoms with van der Waals surface area (Å²) in [6.45, 7) is 2.40. The number of piperidine rings is 1. The zero-order valence-electron chi connectivity index (χ0n) is 19.7. The summed E-state index contributed by atoms with van der Waals surface area (Å²) in [5.74, 6) is 1.71. The van der Waals surface area contributed by atoms with E-state index in [1.165, 1.54) is 11.3 Å². The topological polar surface area (TPSA) is 87.2 Å². The molecule has 2 amide bonds. The van der Waals surface area contributed by atoms with Crippen LogP contribution in [-0.4, -0.2) is 58.1 Å². The number of pyridine rings is 2. The molecule has 2 saturated heterocycles. The van der Waals surface area contributed by atoms with E-state index in [-0.39, 0.29) is 23.2 Å². The number of carbonyl (C=O) groups excluding carboxylic acids is 2. The molecule has 0 radical (unpaired) electrons. The number of aromatic nitrogens is 2. The van der Waals surface area contributed by atoms with Gasteiger partial charge in [0.15, 0.2) is 0 Å². The fourth-order valence-corrected chi connectivity index (χ4v) is 7.01. The Morgan fingerprint density at radius 1 is 1.11 bits per heavy atom. The molecule has 0 bridgehead atoms. The Kier molecular flexibility index (Phi) is 7.95. The van der Waals surface area contributed by atoms with Crippen LogP contribution in [0.2, 0.25) is 0 Å². The van der Waals surface area contributed by atoms with E-state index in [2.05, 4.69) is 26.7 Å². The minimum atomic E-state index is -0.109. The maximum Gasteiger partial charge on any atom is 0.261 e. The maximum absolute atomic E-state index is 13.0. The first kappa shape index (κ1) is 24.2. The predicted octanol–water partition coefficient (Wildman–Crippen LogP) is 4.23. The minimum Gasteiger partial charge on any atom is -0.351 e. The van der Waals surface area contributed by atoms with Crippen LogP contribution in [0.5, 0.6) is 0 Å². The van der Waals surface area contributed by atoms with Crippen molar-refractivity contribution in [3.63, 3.8) is 0 Å². The Morgan fingerprint density at radius 2 is 1.97 bits per heavy atom. The number of hydrogen-bond donors (Lipinski definition) is 2. The highest BCUT2D eigenvalue weighted by molar-refractivity contribution is 7.99. The summed E-state index contributed by atoms with van der Waals surface area (Å²) >= 11 is 3.27. The van der Waals surface area contributed by atoms with Gasteiger partial charge in [-0.25, -0.2) is 0 Å². The fraction of sp³-hybridized carbons (Fsp3) is 0.462. The van der Waals surface area contributed by atoms with Gasteiger partial charge in [0.2, 0.25) is 5.91 Å². The molecule has 2 N–H and O–H groups in total. The van der Waals surface area contributed by atoms with Gasteiger partial charge in [-0.15, -0.1) is 23.1 Å². The molecule has 2 aliphatic heterocycles. The molecule has 184 valence electrons. The molecular formula is C26H31N5O2S2. The molecule has 2 fully saturated rings. The Hall–Kier alpha value is -2.49. The Labute approximate surface area is 214 Å². The lowest BCUT2D eigenvalue weighted by molar-refractivity contribution is -0.134. The number of unbranched alkanes of at least 4 members (excludes halogenated alkanes) is 1. The van der Waals surface area contributed by atoms with Gasteiger partial charge in [0.25, 0.3) is 5.91 Å². The predicted molar refractivity (Wildman–Crippen MR) is 141 cm³/mol. The average Bonchev–Trinajstić information content (AvgIpc) is 3.57. The van der Waals surface area contributed by atoms with E-state index < -0.39 is 0 Å². The van der Waals surface area contributed by atoms with E-state index in [4.69, 9.17) is 0 Å². The third-order valence-corrected chi connectivity index (χ3v) is 9.22. The van der Waals surface area contributed by atoms with Gasteiger partial charge in [-0.05, 0) is 54.3 Å². The molecule has 0 aliphatic carbocycles. The number of rotatable bonds is 8. The molecule has 2 atom stereocenters. The lowest BCUT2D eigenvalue weighted by atomic mass is 9.91. The third kappa shape index (κ3) is 6.02. The lowest BCUT2D eigenvalue weighted by Crippen LogP contribution is -2.48. The summed E-state index contributed by atoms with van der Waals surface area (Å²) < 4.78 is 1.04. The second-order valence-electron chi connectivity index (χ2n) is 9.26. The van der Waals surface area contributed by atoms with Gasteiger partial charge in [-0.3, -0.25) is 24.9 Å². The number of likely N-dealkylation sites (tertiary alicyclic amines) is 1. The normalized spacial score (nSPS) is 20.9. The van der Waals surface area contributed by atoms with E-state index in [1.807, 2.05) is 29.3 Å². The van der Waals surface area contributed by atoms with E-state index >= 15 is 0 Å². The molecular weight excluding hydrogens is 478 g/mol. The van der Waals surface area contributed by atoms with Crippen LogP contribution in [0.1, 0.15) is 52.7 Å². The molecule has 2 aliphatic rings. The molecule has 5 heterocycles. The zero-order valence-corrected chi connectivity index (χ0v) is 21.3. The van der Waals surface area contributed by atoms with Crippen molar-refractivity contribution in [3.8, 4) is 0 Å². The number of hydrogen-bond acceptors (Lipinski definition) is 7. The first-order chi connectivity index (χ1) is 17.2. The second-order valence-corrected chi connectivity index (χ2v) is 11.5. The van der Waals surface area contributed by atoms with Crippen LogP contribution in [0.25, 0.3) is 10.1 Å². The first-order valence-electron chi connectivity index (χ1n) is 12.4. The van der Waals surface area contributed by atoms with E-state index in [0.717, 1.165) is 71.5 Å². The van der Waals surface area contributed by atoms with Crippen LogP contribution in [0.4, 0.5) is 0 Å². The smallest absolute Gasteiger partial charge is 0.261 e. The van der Waals surface area contributed by atoms with Gasteiger partial charge in [0.1, 0.15) is 0 Å². The van der Waals surface area contributed by atoms with Gasteiger partial charge in [-0.1, -0.05) is 18.9 Å². The molecule has 2 unspecified atom stereocenters. The first-order valence-corrected chi connectivity index (χ1v) is 14.2. The molecule has 0 aromatic carbocycles. The number of fused-ring (bicyclic) bond motifs is 1. The molecule has 5 rings (SSSR count). The van der Waals surface area contributed by atoms with Crippen LogP contribution < -0.4 is 10.6 Å². The van der Waals surface area contributed by atoms with Crippen LogP contribution in [0.3, 0.4) is 0 Å². The summed E-state index contributed by atoms with van der Waals surface area (Å²) in [4.78, 5) is 36.5. The van der Waals surface area contributed by atoms with Gasteiger partial charge in [0.05, 0.1) is 21.0 Å². The van der Waals surface area contributed by atoms with E-state index in [0.29, 0.717) is 12.5 Å². The number of nitrogens with one attached hydrogen (secondary N) is 2. The molecule has 3 aromatic rings. The fourth-order valence-electron chi connectivity index (χ4n) is 4.84. The van der Waals surface area contributed by atoms with Crippen molar-refractivity contribution in [3.05, 3.63) is 59.5 Å². The van der Waals surface area contributed by atoms with Gasteiger partial charge in [0, 0.05) is 50.2 Å². The van der Waals surface area contributed by atoms with Crippen molar-refractivity contribution < 1.29 is 9.59 Å². The number of thioether (sulfide) groups is 1. The summed E-state index contributed by atoms with van der Waals surface area (Å²) in [6, 6.07) is 7.76. The van der Waals surface area contributed by atoms with Gasteiger partial charge >= 0.3 is 0 Å². The van der Waals surface area contributed by atoms with Crippen LogP contribution >= 0.6 is 23.1 Å². The number of carbonyl (C=O) groups is 2. The second kappa shape index (κ2) is 11.5. The van der Waals surface area contributed by atoms with Crippen molar-refractivity contribution in [1.82, 2.24) is 25.5 Å². The van der Waals surface area contributed by atoms with Crippen LogP contribution in [0.15, 0.2) is 49.1 Å². The monoisotopic (exact) mass is 509 g/mol. The van der Waals surface area contributed by atoms with E-state index in [1.54, 1.807) is 30.4 Å². The summed E-state index contributed by atoms with van der Waals surface area (Å²) in [7, 11) is 0. The summed E-state index contributed by atoms with van der Waals surface area (Å²) in [5, 5.41) is 7.75. The Balaban J connectivity index is 0.975. The number of nitrogens with zero attached hydrogens (tertiary/aromatic N) is 3. The molecule has 3 aromatic heterocycles. The summed E-state index contributed by atoms with van der Waals surface area (Å²) in [5.41, 5.74) is 1.13. The largest absolute Gasteiger partial charge is 0.351 e. The van der Waals surface area contributed by atoms with Crippen LogP contribution in [0, 0.1) is 5.92 Å². The average molecular weight is 510 g/mol. The van der Waals surface area contributed by atoms with Gasteiger partial charge in [-0.2, -0.15) is 0 Å². The Bertz CT molecular complexity index is 1110. The van der Waals surface area contributed by atoms with Crippen molar-refractivity contribution in [1.29, 1.82) is 0 Å². The molecule has 9 heteroatoms. The van der Waals surface area contributed by atoms with Crippen LogP contribution in [-0.2, 0) is 4.79 Å². The highest BCUT2D eigenvalue weighted by atomic mass is 32.2. The molecule has 35 heavy (non-hydrogen) atoms. The number of thiophene rings is 1. The van der Waals surface area contributed by atoms with Crippen molar-refractivity contribution in [2.24, 2.45) is 5.92 Å². The third-order valence-electron chi connectivity index (χ3n) is 6.87. The summed E-state index contributed by atoms with van der Waals surface area (Å²) in [6.07, 6.45) is 12.6. The highest BCUT2D eigenvalue weighted by Crippen LogP contribution is 2.33. The zero-order chi connectivity index (χ0) is 24.0. The molecule has 0 saturated carbocycles. The number of amides is 2.